The molecule has 1 amide bonds. The van der Waals surface area contributed by atoms with Gasteiger partial charge < -0.3 is 5.32 Å². The van der Waals surface area contributed by atoms with Gasteiger partial charge in [0, 0.05) is 24.7 Å². The number of aryl methyl sites for hydroxylation is 1. The van der Waals surface area contributed by atoms with Crippen molar-refractivity contribution in [1.82, 2.24) is 15.3 Å². The van der Waals surface area contributed by atoms with E-state index in [1.807, 2.05) is 30.3 Å². The zero-order valence-electron chi connectivity index (χ0n) is 14.7. The average Bonchev–Trinajstić information content (AvgIpc) is 2.69. The van der Waals surface area contributed by atoms with Gasteiger partial charge in [-0.05, 0) is 54.8 Å². The van der Waals surface area contributed by atoms with Crippen LogP contribution in [0.2, 0.25) is 0 Å². The minimum Gasteiger partial charge on any atom is -0.344 e. The average molecular weight is 343 g/mol. The van der Waals surface area contributed by atoms with E-state index in [4.69, 9.17) is 0 Å². The largest absolute Gasteiger partial charge is 0.344 e. The van der Waals surface area contributed by atoms with E-state index in [0.29, 0.717) is 6.42 Å². The number of nitrogens with zero attached hydrogens (tertiary/aromatic N) is 2. The number of pyridine rings is 2. The normalized spacial score (nSPS) is 12.0. The molecule has 0 aliphatic rings. The highest BCUT2D eigenvalue weighted by Gasteiger charge is 2.15. The van der Waals surface area contributed by atoms with Gasteiger partial charge >= 0.3 is 0 Å². The van der Waals surface area contributed by atoms with Crippen LogP contribution >= 0.6 is 0 Å². The Morgan fingerprint density at radius 1 is 1.04 bits per heavy atom. The number of benzene rings is 1. The van der Waals surface area contributed by atoms with Crippen LogP contribution in [0.4, 0.5) is 0 Å². The Balaban J connectivity index is 1.74. The number of hydrogen-bond donors (Lipinski definition) is 1. The SMILES string of the molecule is Cc1ccc(C[C@@H](NC(=O)/C=C/c2ccncc2)c2ccccn2)cc1. The first-order valence-electron chi connectivity index (χ1n) is 8.56. The molecule has 3 rings (SSSR count). The molecule has 0 spiro atoms. The Morgan fingerprint density at radius 2 is 1.81 bits per heavy atom. The quantitative estimate of drug-likeness (QED) is 0.691. The predicted molar refractivity (Wildman–Crippen MR) is 103 cm³/mol. The molecule has 1 N–H and O–H groups in total. The highest BCUT2D eigenvalue weighted by atomic mass is 16.1. The maximum absolute atomic E-state index is 12.4. The fourth-order valence-corrected chi connectivity index (χ4v) is 2.64. The smallest absolute Gasteiger partial charge is 0.244 e. The molecular weight excluding hydrogens is 322 g/mol. The van der Waals surface area contributed by atoms with Crippen LogP contribution in [0.5, 0.6) is 0 Å². The Kier molecular flexibility index (Phi) is 5.88. The van der Waals surface area contributed by atoms with Gasteiger partial charge in [0.25, 0.3) is 0 Å². The predicted octanol–water partition coefficient (Wildman–Crippen LogP) is 3.90. The van der Waals surface area contributed by atoms with Crippen molar-refractivity contribution in [2.24, 2.45) is 0 Å². The third-order valence-corrected chi connectivity index (χ3v) is 4.05. The van der Waals surface area contributed by atoms with Crippen molar-refractivity contribution in [2.45, 2.75) is 19.4 Å². The lowest BCUT2D eigenvalue weighted by molar-refractivity contribution is -0.117. The van der Waals surface area contributed by atoms with Crippen LogP contribution in [0.15, 0.2) is 79.3 Å². The third kappa shape index (κ3) is 5.11. The van der Waals surface area contributed by atoms with Gasteiger partial charge in [-0.25, -0.2) is 0 Å². The van der Waals surface area contributed by atoms with Crippen LogP contribution < -0.4 is 5.32 Å². The number of nitrogens with one attached hydrogen (secondary N) is 1. The van der Waals surface area contributed by atoms with E-state index < -0.39 is 0 Å². The lowest BCUT2D eigenvalue weighted by Gasteiger charge is -2.17. The Labute approximate surface area is 153 Å². The molecule has 2 aromatic heterocycles. The molecule has 4 heteroatoms. The number of rotatable bonds is 6. The molecule has 0 unspecified atom stereocenters. The second-order valence-corrected chi connectivity index (χ2v) is 6.12. The van der Waals surface area contributed by atoms with Gasteiger partial charge in [0.05, 0.1) is 11.7 Å². The van der Waals surface area contributed by atoms with Gasteiger partial charge in [-0.2, -0.15) is 0 Å². The van der Waals surface area contributed by atoms with Crippen LogP contribution in [0.25, 0.3) is 6.08 Å². The van der Waals surface area contributed by atoms with E-state index in [1.165, 1.54) is 5.56 Å². The molecule has 26 heavy (non-hydrogen) atoms. The van der Waals surface area contributed by atoms with Crippen LogP contribution in [0.1, 0.15) is 28.4 Å². The molecule has 0 bridgehead atoms. The molecule has 0 saturated heterocycles. The summed E-state index contributed by atoms with van der Waals surface area (Å²) in [6.07, 6.45) is 9.15. The van der Waals surface area contributed by atoms with Gasteiger partial charge in [-0.1, -0.05) is 35.9 Å². The van der Waals surface area contributed by atoms with Gasteiger partial charge in [-0.3, -0.25) is 14.8 Å². The second kappa shape index (κ2) is 8.72. The van der Waals surface area contributed by atoms with Crippen molar-refractivity contribution < 1.29 is 4.79 Å². The molecule has 0 fully saturated rings. The molecule has 1 aromatic carbocycles. The van der Waals surface area contributed by atoms with E-state index in [-0.39, 0.29) is 11.9 Å². The molecule has 1 atom stereocenters. The van der Waals surface area contributed by atoms with Crippen molar-refractivity contribution in [3.8, 4) is 0 Å². The summed E-state index contributed by atoms with van der Waals surface area (Å²) >= 11 is 0. The molecular formula is C22H21N3O. The monoisotopic (exact) mass is 343 g/mol. The minimum absolute atomic E-state index is 0.149. The molecule has 0 saturated carbocycles. The lowest BCUT2D eigenvalue weighted by Crippen LogP contribution is -2.29. The maximum atomic E-state index is 12.4. The van der Waals surface area contributed by atoms with E-state index in [9.17, 15) is 4.79 Å². The van der Waals surface area contributed by atoms with E-state index in [0.717, 1.165) is 16.8 Å². The number of amides is 1. The molecule has 3 aromatic rings. The van der Waals surface area contributed by atoms with Crippen molar-refractivity contribution >= 4 is 12.0 Å². The maximum Gasteiger partial charge on any atom is 0.244 e. The lowest BCUT2D eigenvalue weighted by atomic mass is 10.0. The van der Waals surface area contributed by atoms with Gasteiger partial charge in [0.2, 0.25) is 5.91 Å². The first-order valence-corrected chi connectivity index (χ1v) is 8.56. The number of carbonyl (C=O) groups excluding carboxylic acids is 1. The summed E-state index contributed by atoms with van der Waals surface area (Å²) in [5.74, 6) is -0.149. The Bertz CT molecular complexity index is 859. The number of hydrogen-bond acceptors (Lipinski definition) is 3. The number of aromatic nitrogens is 2. The molecule has 4 nitrogen and oxygen atoms in total. The van der Waals surface area contributed by atoms with Crippen molar-refractivity contribution in [3.05, 3.63) is 102 Å². The Morgan fingerprint density at radius 3 is 2.50 bits per heavy atom. The van der Waals surface area contributed by atoms with Gasteiger partial charge in [0.15, 0.2) is 0 Å². The molecule has 2 heterocycles. The molecule has 0 radical (unpaired) electrons. The summed E-state index contributed by atoms with van der Waals surface area (Å²) in [5.41, 5.74) is 4.15. The standard InChI is InChI=1S/C22H21N3O/c1-17-5-7-19(8-6-17)16-21(20-4-2-3-13-24-20)25-22(26)10-9-18-11-14-23-15-12-18/h2-15,21H,16H2,1H3,(H,25,26)/b10-9+/t21-/m1/s1. The fraction of sp³-hybridized carbons (Fsp3) is 0.136. The zero-order valence-corrected chi connectivity index (χ0v) is 14.7. The van der Waals surface area contributed by atoms with Gasteiger partial charge in [0.1, 0.15) is 0 Å². The first-order chi connectivity index (χ1) is 12.7. The highest BCUT2D eigenvalue weighted by Crippen LogP contribution is 2.17. The van der Waals surface area contributed by atoms with Crippen LogP contribution in [0.3, 0.4) is 0 Å². The summed E-state index contributed by atoms with van der Waals surface area (Å²) in [5, 5.41) is 3.06. The summed E-state index contributed by atoms with van der Waals surface area (Å²) in [6.45, 7) is 2.06. The summed E-state index contributed by atoms with van der Waals surface area (Å²) in [4.78, 5) is 20.8. The highest BCUT2D eigenvalue weighted by molar-refractivity contribution is 5.91. The van der Waals surface area contributed by atoms with Crippen LogP contribution in [-0.2, 0) is 11.2 Å². The van der Waals surface area contributed by atoms with Crippen molar-refractivity contribution in [3.63, 3.8) is 0 Å². The summed E-state index contributed by atoms with van der Waals surface area (Å²) in [6, 6.07) is 17.6. The number of carbonyl (C=O) groups is 1. The van der Waals surface area contributed by atoms with Gasteiger partial charge in [-0.15, -0.1) is 0 Å². The van der Waals surface area contributed by atoms with E-state index in [2.05, 4.69) is 46.5 Å². The molecule has 0 aliphatic carbocycles. The molecule has 130 valence electrons. The van der Waals surface area contributed by atoms with E-state index in [1.54, 1.807) is 30.7 Å². The second-order valence-electron chi connectivity index (χ2n) is 6.12. The minimum atomic E-state index is -0.187. The van der Waals surface area contributed by atoms with Crippen molar-refractivity contribution in [2.75, 3.05) is 0 Å². The third-order valence-electron chi connectivity index (χ3n) is 4.05. The topological polar surface area (TPSA) is 54.9 Å². The fourth-order valence-electron chi connectivity index (χ4n) is 2.64. The zero-order chi connectivity index (χ0) is 18.2. The van der Waals surface area contributed by atoms with Crippen molar-refractivity contribution in [1.29, 1.82) is 0 Å². The summed E-state index contributed by atoms with van der Waals surface area (Å²) in [7, 11) is 0. The summed E-state index contributed by atoms with van der Waals surface area (Å²) < 4.78 is 0. The van der Waals surface area contributed by atoms with Crippen LogP contribution in [0, 0.1) is 6.92 Å². The molecule has 0 aliphatic heterocycles. The van der Waals surface area contributed by atoms with Crippen LogP contribution in [-0.4, -0.2) is 15.9 Å². The Hall–Kier alpha value is -3.27. The van der Waals surface area contributed by atoms with E-state index >= 15 is 0 Å². The first kappa shape index (κ1) is 17.5.